The molecule has 0 saturated carbocycles. The predicted octanol–water partition coefficient (Wildman–Crippen LogP) is 2.80. The van der Waals surface area contributed by atoms with E-state index in [2.05, 4.69) is 0 Å². The van der Waals surface area contributed by atoms with Gasteiger partial charge in [0.05, 0.1) is 11.0 Å². The third-order valence-corrected chi connectivity index (χ3v) is 6.97. The van der Waals surface area contributed by atoms with Crippen LogP contribution in [0.25, 0.3) is 0 Å². The van der Waals surface area contributed by atoms with Crippen LogP contribution in [0.4, 0.5) is 5.69 Å². The van der Waals surface area contributed by atoms with Crippen LogP contribution in [-0.4, -0.2) is 43.4 Å². The number of nitrogens with zero attached hydrogens (tertiary/aromatic N) is 2. The first-order valence-corrected chi connectivity index (χ1v) is 10.5. The Morgan fingerprint density at radius 1 is 1.11 bits per heavy atom. The molecule has 1 atom stereocenters. The molecule has 1 N–H and O–H groups in total. The second-order valence-corrected chi connectivity index (χ2v) is 8.37. The molecule has 1 aliphatic heterocycles. The Morgan fingerprint density at radius 3 is 2.37 bits per heavy atom. The van der Waals surface area contributed by atoms with Crippen LogP contribution in [0.1, 0.15) is 42.3 Å². The summed E-state index contributed by atoms with van der Waals surface area (Å²) in [6, 6.07) is 13.4. The Kier molecular flexibility index (Phi) is 5.64. The second-order valence-electron chi connectivity index (χ2n) is 6.43. The summed E-state index contributed by atoms with van der Waals surface area (Å²) in [5.41, 5.74) is 1.85. The van der Waals surface area contributed by atoms with Gasteiger partial charge in [-0.3, -0.25) is 4.79 Å². The highest BCUT2D eigenvalue weighted by Gasteiger charge is 2.28. The van der Waals surface area contributed by atoms with Crippen molar-refractivity contribution in [3.8, 4) is 0 Å². The number of sulfonamides is 1. The molecule has 0 aromatic heterocycles. The Hall–Kier alpha value is -2.22. The third kappa shape index (κ3) is 3.63. The van der Waals surface area contributed by atoms with Crippen molar-refractivity contribution in [3.05, 3.63) is 59.7 Å². The summed E-state index contributed by atoms with van der Waals surface area (Å²) in [4.78, 5) is 14.8. The molecule has 1 unspecified atom stereocenters. The van der Waals surface area contributed by atoms with Gasteiger partial charge in [-0.15, -0.1) is 0 Å². The number of amides is 1. The van der Waals surface area contributed by atoms with Gasteiger partial charge in [-0.2, -0.15) is 4.31 Å². The molecule has 0 spiro atoms. The molecule has 1 heterocycles. The standard InChI is InChI=1S/C20H24N2O4S/c1-3-21(4-2)27(25,26)16-11-9-15(10-12-16)20(24)22-14-13-19(23)17-7-5-6-8-18(17)22/h5-12,19,23H,3-4,13-14H2,1-2H3. The van der Waals surface area contributed by atoms with E-state index in [1.807, 2.05) is 24.3 Å². The first-order valence-electron chi connectivity index (χ1n) is 9.09. The van der Waals surface area contributed by atoms with E-state index in [1.165, 1.54) is 16.4 Å². The molecule has 0 fully saturated rings. The van der Waals surface area contributed by atoms with Gasteiger partial charge in [-0.05, 0) is 36.8 Å². The molecule has 0 bridgehead atoms. The van der Waals surface area contributed by atoms with Gasteiger partial charge in [0.25, 0.3) is 5.91 Å². The van der Waals surface area contributed by atoms with E-state index in [9.17, 15) is 18.3 Å². The maximum absolute atomic E-state index is 13.0. The van der Waals surface area contributed by atoms with Crippen molar-refractivity contribution >= 4 is 21.6 Å². The highest BCUT2D eigenvalue weighted by atomic mass is 32.2. The number of benzene rings is 2. The number of hydrogen-bond donors (Lipinski definition) is 1. The summed E-state index contributed by atoms with van der Waals surface area (Å²) >= 11 is 0. The summed E-state index contributed by atoms with van der Waals surface area (Å²) < 4.78 is 26.5. The molecule has 6 nitrogen and oxygen atoms in total. The van der Waals surface area contributed by atoms with E-state index < -0.39 is 16.1 Å². The number of para-hydroxylation sites is 1. The number of aliphatic hydroxyl groups is 1. The van der Waals surface area contributed by atoms with E-state index in [1.54, 1.807) is 30.9 Å². The lowest BCUT2D eigenvalue weighted by molar-refractivity contribution is 0.0970. The highest BCUT2D eigenvalue weighted by molar-refractivity contribution is 7.89. The summed E-state index contributed by atoms with van der Waals surface area (Å²) in [6.45, 7) is 4.79. The maximum Gasteiger partial charge on any atom is 0.258 e. The first kappa shape index (κ1) is 19.5. The third-order valence-electron chi connectivity index (χ3n) is 4.90. The van der Waals surface area contributed by atoms with Crippen LogP contribution >= 0.6 is 0 Å². The molecule has 0 aliphatic carbocycles. The van der Waals surface area contributed by atoms with E-state index >= 15 is 0 Å². The number of carbonyl (C=O) groups is 1. The van der Waals surface area contributed by atoms with Crippen molar-refractivity contribution in [2.75, 3.05) is 24.5 Å². The monoisotopic (exact) mass is 388 g/mol. The molecule has 27 heavy (non-hydrogen) atoms. The number of fused-ring (bicyclic) bond motifs is 1. The van der Waals surface area contributed by atoms with Gasteiger partial charge < -0.3 is 10.0 Å². The molecular formula is C20H24N2O4S. The zero-order valence-electron chi connectivity index (χ0n) is 15.5. The summed E-state index contributed by atoms with van der Waals surface area (Å²) in [7, 11) is -3.55. The number of rotatable bonds is 5. The van der Waals surface area contributed by atoms with E-state index in [0.717, 1.165) is 5.56 Å². The zero-order valence-corrected chi connectivity index (χ0v) is 16.3. The molecule has 1 aliphatic rings. The normalized spacial score (nSPS) is 17.0. The molecule has 0 radical (unpaired) electrons. The van der Waals surface area contributed by atoms with Crippen molar-refractivity contribution in [2.24, 2.45) is 0 Å². The van der Waals surface area contributed by atoms with E-state index in [4.69, 9.17) is 0 Å². The van der Waals surface area contributed by atoms with Crippen LogP contribution in [-0.2, 0) is 10.0 Å². The lowest BCUT2D eigenvalue weighted by Crippen LogP contribution is -2.36. The van der Waals surface area contributed by atoms with Crippen LogP contribution in [0.2, 0.25) is 0 Å². The number of carbonyl (C=O) groups excluding carboxylic acids is 1. The quantitative estimate of drug-likeness (QED) is 0.854. The van der Waals surface area contributed by atoms with Crippen molar-refractivity contribution in [1.82, 2.24) is 4.31 Å². The van der Waals surface area contributed by atoms with Crippen molar-refractivity contribution < 1.29 is 18.3 Å². The molecule has 144 valence electrons. The molecule has 7 heteroatoms. The Bertz CT molecular complexity index is 921. The van der Waals surface area contributed by atoms with Gasteiger partial charge in [-0.25, -0.2) is 8.42 Å². The molecule has 3 rings (SSSR count). The van der Waals surface area contributed by atoms with Crippen molar-refractivity contribution in [3.63, 3.8) is 0 Å². The smallest absolute Gasteiger partial charge is 0.258 e. The van der Waals surface area contributed by atoms with Crippen LogP contribution in [0.15, 0.2) is 53.4 Å². The minimum atomic E-state index is -3.55. The zero-order chi connectivity index (χ0) is 19.6. The Balaban J connectivity index is 1.88. The van der Waals surface area contributed by atoms with Gasteiger partial charge in [-0.1, -0.05) is 32.0 Å². The van der Waals surface area contributed by atoms with Crippen LogP contribution < -0.4 is 4.90 Å². The molecule has 1 amide bonds. The van der Waals surface area contributed by atoms with E-state index in [-0.39, 0.29) is 10.8 Å². The highest BCUT2D eigenvalue weighted by Crippen LogP contribution is 2.34. The average Bonchev–Trinajstić information content (AvgIpc) is 2.69. The molecule has 0 saturated heterocycles. The predicted molar refractivity (Wildman–Crippen MR) is 104 cm³/mol. The molecule has 2 aromatic rings. The lowest BCUT2D eigenvalue weighted by Gasteiger charge is -2.32. The minimum absolute atomic E-state index is 0.178. The summed E-state index contributed by atoms with van der Waals surface area (Å²) in [6.07, 6.45) is -0.108. The van der Waals surface area contributed by atoms with Gasteiger partial charge >= 0.3 is 0 Å². The topological polar surface area (TPSA) is 77.9 Å². The fourth-order valence-corrected chi connectivity index (χ4v) is 4.85. The van der Waals surface area contributed by atoms with Crippen LogP contribution in [0, 0.1) is 0 Å². The lowest BCUT2D eigenvalue weighted by atomic mass is 9.98. The molecule has 2 aromatic carbocycles. The number of anilines is 1. The minimum Gasteiger partial charge on any atom is -0.388 e. The SMILES string of the molecule is CCN(CC)S(=O)(=O)c1ccc(C(=O)N2CCC(O)c3ccccc32)cc1. The Morgan fingerprint density at radius 2 is 1.74 bits per heavy atom. The van der Waals surface area contributed by atoms with E-state index in [0.29, 0.717) is 37.3 Å². The van der Waals surface area contributed by atoms with Crippen molar-refractivity contribution in [2.45, 2.75) is 31.3 Å². The first-order chi connectivity index (χ1) is 12.9. The fourth-order valence-electron chi connectivity index (χ4n) is 3.39. The van der Waals surface area contributed by atoms with Crippen LogP contribution in [0.3, 0.4) is 0 Å². The van der Waals surface area contributed by atoms with Gasteiger partial charge in [0.15, 0.2) is 0 Å². The number of hydrogen-bond acceptors (Lipinski definition) is 4. The Labute approximate surface area is 160 Å². The van der Waals surface area contributed by atoms with Crippen LogP contribution in [0.5, 0.6) is 0 Å². The van der Waals surface area contributed by atoms with Crippen molar-refractivity contribution in [1.29, 1.82) is 0 Å². The van der Waals surface area contributed by atoms with Gasteiger partial charge in [0, 0.05) is 36.4 Å². The summed E-state index contributed by atoms with van der Waals surface area (Å²) in [5.74, 6) is -0.207. The largest absolute Gasteiger partial charge is 0.388 e. The van der Waals surface area contributed by atoms with Gasteiger partial charge in [0.2, 0.25) is 10.0 Å². The second kappa shape index (κ2) is 7.80. The van der Waals surface area contributed by atoms with Gasteiger partial charge in [0.1, 0.15) is 0 Å². The summed E-state index contributed by atoms with van der Waals surface area (Å²) in [5, 5.41) is 10.1. The maximum atomic E-state index is 13.0. The fraction of sp³-hybridized carbons (Fsp3) is 0.350. The number of aliphatic hydroxyl groups excluding tert-OH is 1. The average molecular weight is 388 g/mol. The molecular weight excluding hydrogens is 364 g/mol.